The number of thioether (sulfide) groups is 1. The van der Waals surface area contributed by atoms with E-state index in [1.807, 2.05) is 30.8 Å². The number of anilines is 1. The Kier molecular flexibility index (Phi) is 5.82. The van der Waals surface area contributed by atoms with Crippen molar-refractivity contribution in [2.75, 3.05) is 31.1 Å². The third kappa shape index (κ3) is 3.33. The van der Waals surface area contributed by atoms with Crippen LogP contribution in [0, 0.1) is 0 Å². The van der Waals surface area contributed by atoms with Gasteiger partial charge in [0.25, 0.3) is 0 Å². The molecular formula is C14H24N2OS. The Bertz CT molecular complexity index is 382. The van der Waals surface area contributed by atoms with Crippen LogP contribution >= 0.6 is 11.8 Å². The first-order chi connectivity index (χ1) is 8.52. The van der Waals surface area contributed by atoms with E-state index < -0.39 is 0 Å². The van der Waals surface area contributed by atoms with E-state index in [4.69, 9.17) is 10.5 Å². The maximum absolute atomic E-state index is 6.09. The SMILES string of the molecule is COc1cccc(N(C)C(C)CSC)c1C(C)N. The number of ether oxygens (including phenoxy) is 1. The molecule has 0 aromatic heterocycles. The summed E-state index contributed by atoms with van der Waals surface area (Å²) in [6.07, 6.45) is 2.13. The van der Waals surface area contributed by atoms with Crippen LogP contribution in [0.1, 0.15) is 25.5 Å². The fourth-order valence-corrected chi connectivity index (χ4v) is 2.77. The van der Waals surface area contributed by atoms with E-state index in [0.717, 1.165) is 22.8 Å². The molecule has 3 nitrogen and oxygen atoms in total. The molecule has 0 fully saturated rings. The quantitative estimate of drug-likeness (QED) is 0.861. The minimum atomic E-state index is -0.0416. The van der Waals surface area contributed by atoms with Gasteiger partial charge >= 0.3 is 0 Å². The summed E-state index contributed by atoms with van der Waals surface area (Å²) in [5, 5.41) is 0. The monoisotopic (exact) mass is 268 g/mol. The molecule has 1 aromatic carbocycles. The van der Waals surface area contributed by atoms with Crippen molar-refractivity contribution in [1.82, 2.24) is 0 Å². The van der Waals surface area contributed by atoms with Crippen LogP contribution in [-0.4, -0.2) is 32.2 Å². The molecule has 0 aliphatic heterocycles. The van der Waals surface area contributed by atoms with E-state index in [-0.39, 0.29) is 6.04 Å². The van der Waals surface area contributed by atoms with Gasteiger partial charge in [-0.3, -0.25) is 0 Å². The average Bonchev–Trinajstić information content (AvgIpc) is 2.36. The lowest BCUT2D eigenvalue weighted by atomic mass is 10.0. The highest BCUT2D eigenvalue weighted by atomic mass is 32.2. The highest BCUT2D eigenvalue weighted by molar-refractivity contribution is 7.98. The zero-order chi connectivity index (χ0) is 13.7. The Balaban J connectivity index is 3.14. The van der Waals surface area contributed by atoms with Gasteiger partial charge in [0.15, 0.2) is 0 Å². The van der Waals surface area contributed by atoms with Crippen molar-refractivity contribution in [1.29, 1.82) is 0 Å². The van der Waals surface area contributed by atoms with Gasteiger partial charge in [0.1, 0.15) is 5.75 Å². The molecule has 0 saturated carbocycles. The van der Waals surface area contributed by atoms with Crippen LogP contribution in [0.25, 0.3) is 0 Å². The Hall–Kier alpha value is -0.870. The minimum absolute atomic E-state index is 0.0416. The summed E-state index contributed by atoms with van der Waals surface area (Å²) in [5.74, 6) is 1.96. The molecule has 0 amide bonds. The van der Waals surface area contributed by atoms with Gasteiger partial charge in [-0.15, -0.1) is 0 Å². The smallest absolute Gasteiger partial charge is 0.125 e. The number of benzene rings is 1. The molecule has 1 rings (SSSR count). The molecular weight excluding hydrogens is 244 g/mol. The van der Waals surface area contributed by atoms with E-state index in [1.165, 1.54) is 0 Å². The Morgan fingerprint density at radius 2 is 2.06 bits per heavy atom. The number of nitrogens with zero attached hydrogens (tertiary/aromatic N) is 1. The summed E-state index contributed by atoms with van der Waals surface area (Å²) in [4.78, 5) is 2.28. The standard InChI is InChI=1S/C14H24N2OS/c1-10(9-18-5)16(3)12-7-6-8-13(17-4)14(12)11(2)15/h6-8,10-11H,9,15H2,1-5H3. The summed E-state index contributed by atoms with van der Waals surface area (Å²) in [5.41, 5.74) is 8.33. The summed E-state index contributed by atoms with van der Waals surface area (Å²) < 4.78 is 5.43. The van der Waals surface area contributed by atoms with Crippen LogP contribution in [0.5, 0.6) is 5.75 Å². The zero-order valence-corrected chi connectivity index (χ0v) is 12.8. The second-order valence-corrected chi connectivity index (χ2v) is 5.51. The predicted molar refractivity (Wildman–Crippen MR) is 81.8 cm³/mol. The van der Waals surface area contributed by atoms with Crippen LogP contribution in [0.15, 0.2) is 18.2 Å². The molecule has 1 aromatic rings. The van der Waals surface area contributed by atoms with Crippen molar-refractivity contribution < 1.29 is 4.74 Å². The van der Waals surface area contributed by atoms with Gasteiger partial charge in [-0.05, 0) is 32.2 Å². The fourth-order valence-electron chi connectivity index (χ4n) is 2.07. The Labute approximate surface area is 115 Å². The van der Waals surface area contributed by atoms with Gasteiger partial charge in [-0.1, -0.05) is 6.07 Å². The Morgan fingerprint density at radius 3 is 2.56 bits per heavy atom. The zero-order valence-electron chi connectivity index (χ0n) is 11.9. The number of rotatable bonds is 6. The van der Waals surface area contributed by atoms with Crippen LogP contribution in [0.4, 0.5) is 5.69 Å². The molecule has 0 radical (unpaired) electrons. The summed E-state index contributed by atoms with van der Waals surface area (Å²) in [6, 6.07) is 6.51. The fraction of sp³-hybridized carbons (Fsp3) is 0.571. The number of hydrogen-bond donors (Lipinski definition) is 1. The van der Waals surface area contributed by atoms with Gasteiger partial charge in [-0.25, -0.2) is 0 Å². The molecule has 2 N–H and O–H groups in total. The number of nitrogens with two attached hydrogens (primary N) is 1. The first-order valence-corrected chi connectivity index (χ1v) is 7.56. The highest BCUT2D eigenvalue weighted by Crippen LogP contribution is 2.34. The summed E-state index contributed by atoms with van der Waals surface area (Å²) >= 11 is 1.85. The van der Waals surface area contributed by atoms with E-state index in [1.54, 1.807) is 7.11 Å². The molecule has 0 aliphatic carbocycles. The summed E-state index contributed by atoms with van der Waals surface area (Å²) in [6.45, 7) is 4.22. The Morgan fingerprint density at radius 1 is 1.39 bits per heavy atom. The van der Waals surface area contributed by atoms with Gasteiger partial charge in [0, 0.05) is 36.1 Å². The first kappa shape index (κ1) is 15.2. The molecule has 2 unspecified atom stereocenters. The van der Waals surface area contributed by atoms with Crippen molar-refractivity contribution in [3.63, 3.8) is 0 Å². The van der Waals surface area contributed by atoms with Crippen LogP contribution in [0.2, 0.25) is 0 Å². The van der Waals surface area contributed by atoms with Gasteiger partial charge in [-0.2, -0.15) is 11.8 Å². The van der Waals surface area contributed by atoms with Gasteiger partial charge in [0.05, 0.1) is 7.11 Å². The molecule has 102 valence electrons. The second-order valence-electron chi connectivity index (χ2n) is 4.60. The lowest BCUT2D eigenvalue weighted by Crippen LogP contribution is -2.32. The normalized spacial score (nSPS) is 14.1. The highest BCUT2D eigenvalue weighted by Gasteiger charge is 2.18. The largest absolute Gasteiger partial charge is 0.496 e. The lowest BCUT2D eigenvalue weighted by molar-refractivity contribution is 0.407. The molecule has 4 heteroatoms. The number of methoxy groups -OCH3 is 1. The van der Waals surface area contributed by atoms with Gasteiger partial charge < -0.3 is 15.4 Å². The first-order valence-electron chi connectivity index (χ1n) is 6.17. The molecule has 2 atom stereocenters. The third-order valence-electron chi connectivity index (χ3n) is 3.17. The summed E-state index contributed by atoms with van der Waals surface area (Å²) in [7, 11) is 3.80. The van der Waals surface area contributed by atoms with E-state index in [2.05, 4.69) is 31.2 Å². The van der Waals surface area contributed by atoms with E-state index in [9.17, 15) is 0 Å². The maximum atomic E-state index is 6.09. The molecule has 0 saturated heterocycles. The van der Waals surface area contributed by atoms with E-state index in [0.29, 0.717) is 6.04 Å². The van der Waals surface area contributed by atoms with Crippen LogP contribution in [0.3, 0.4) is 0 Å². The van der Waals surface area contributed by atoms with Crippen molar-refractivity contribution in [3.8, 4) is 5.75 Å². The molecule has 0 aliphatic rings. The molecule has 18 heavy (non-hydrogen) atoms. The lowest BCUT2D eigenvalue weighted by Gasteiger charge is -2.30. The molecule has 0 spiro atoms. The maximum Gasteiger partial charge on any atom is 0.125 e. The van der Waals surface area contributed by atoms with Crippen molar-refractivity contribution in [3.05, 3.63) is 23.8 Å². The van der Waals surface area contributed by atoms with Crippen molar-refractivity contribution >= 4 is 17.4 Å². The second kappa shape index (κ2) is 6.90. The average molecular weight is 268 g/mol. The van der Waals surface area contributed by atoms with Crippen LogP contribution < -0.4 is 15.4 Å². The van der Waals surface area contributed by atoms with E-state index >= 15 is 0 Å². The van der Waals surface area contributed by atoms with Crippen molar-refractivity contribution in [2.45, 2.75) is 25.9 Å². The molecule has 0 heterocycles. The third-order valence-corrected chi connectivity index (χ3v) is 3.98. The van der Waals surface area contributed by atoms with Crippen molar-refractivity contribution in [2.24, 2.45) is 5.73 Å². The number of hydrogen-bond acceptors (Lipinski definition) is 4. The van der Waals surface area contributed by atoms with Gasteiger partial charge in [0.2, 0.25) is 0 Å². The van der Waals surface area contributed by atoms with Crippen LogP contribution in [-0.2, 0) is 0 Å². The predicted octanol–water partition coefficient (Wildman–Crippen LogP) is 2.90. The topological polar surface area (TPSA) is 38.5 Å². The molecule has 0 bridgehead atoms. The minimum Gasteiger partial charge on any atom is -0.496 e.